The molecule has 1 amide bonds. The summed E-state index contributed by atoms with van der Waals surface area (Å²) in [7, 11) is 1.32. The third-order valence-corrected chi connectivity index (χ3v) is 8.29. The second-order valence-corrected chi connectivity index (χ2v) is 11.1. The number of phenolic OH excluding ortho intramolecular Hbond substituents is 2. The molecule has 3 aliphatic rings. The molecule has 0 spiro atoms. The molecule has 6 unspecified atom stereocenters. The molecule has 0 bridgehead atoms. The predicted molar refractivity (Wildman–Crippen MR) is 146 cm³/mol. The monoisotopic (exact) mass is 599 g/mol. The predicted octanol–water partition coefficient (Wildman–Crippen LogP) is -0.352. The zero-order valence-corrected chi connectivity index (χ0v) is 23.6. The van der Waals surface area contributed by atoms with Crippen molar-refractivity contribution in [1.29, 1.82) is 0 Å². The zero-order chi connectivity index (χ0) is 31.4. The van der Waals surface area contributed by atoms with Gasteiger partial charge in [-0.05, 0) is 13.0 Å². The van der Waals surface area contributed by atoms with Crippen LogP contribution >= 0.6 is 0 Å². The number of aromatic hydroxyl groups is 2. The van der Waals surface area contributed by atoms with Crippen LogP contribution in [0.4, 0.5) is 0 Å². The van der Waals surface area contributed by atoms with Crippen LogP contribution in [-0.2, 0) is 25.5 Å². The Balaban J connectivity index is 1.67. The van der Waals surface area contributed by atoms with E-state index in [0.717, 1.165) is 0 Å². The minimum absolute atomic E-state index is 0.0106. The molecule has 2 aliphatic carbocycles. The first-order valence-corrected chi connectivity index (χ1v) is 13.6. The number of hydrazine groups is 1. The second-order valence-electron chi connectivity index (χ2n) is 11.1. The van der Waals surface area contributed by atoms with Crippen LogP contribution < -0.4 is 21.3 Å². The minimum Gasteiger partial charge on any atom is -0.507 e. The van der Waals surface area contributed by atoms with Crippen molar-refractivity contribution in [3.63, 3.8) is 0 Å². The van der Waals surface area contributed by atoms with Crippen molar-refractivity contribution in [2.75, 3.05) is 7.11 Å². The number of benzene rings is 2. The van der Waals surface area contributed by atoms with E-state index >= 15 is 0 Å². The van der Waals surface area contributed by atoms with E-state index in [9.17, 15) is 39.6 Å². The minimum atomic E-state index is -2.05. The number of hydrogen-bond acceptors (Lipinski definition) is 13. The van der Waals surface area contributed by atoms with Crippen LogP contribution in [0.2, 0.25) is 0 Å². The van der Waals surface area contributed by atoms with Crippen LogP contribution in [-0.4, -0.2) is 87.5 Å². The number of carbonyl (C=O) groups excluding carboxylic acids is 4. The van der Waals surface area contributed by atoms with Gasteiger partial charge < -0.3 is 45.2 Å². The van der Waals surface area contributed by atoms with Gasteiger partial charge in [-0.2, -0.15) is 0 Å². The summed E-state index contributed by atoms with van der Waals surface area (Å²) in [4.78, 5) is 51.1. The standard InChI is InChI=1S/C29H33N3O11/c1-11-24(35)15(30)7-19(42-11)43-17-9-29(40,18(10-33)32-31-12(2)34)8-14-21(17)28(39)23-22(26(14)37)25(36)13-5-4-6-16(41-3)20(13)27(23)38/h4-6,10-11,15,17-19,24,32,35,37,39-40H,7-9,30H2,1-3H3,(H,31,34)/t11?,15?,17?,18?,19?,24?,29-/m0/s1. The molecular weight excluding hydrogens is 566 g/mol. The Kier molecular flexibility index (Phi) is 8.02. The number of amides is 1. The van der Waals surface area contributed by atoms with Gasteiger partial charge in [0.25, 0.3) is 0 Å². The molecule has 230 valence electrons. The normalized spacial score (nSPS) is 28.7. The molecule has 0 saturated carbocycles. The van der Waals surface area contributed by atoms with Crippen molar-refractivity contribution in [2.24, 2.45) is 5.73 Å². The van der Waals surface area contributed by atoms with Crippen LogP contribution in [0.1, 0.15) is 75.8 Å². The molecule has 8 N–H and O–H groups in total. The Hall–Kier alpha value is -3.92. The van der Waals surface area contributed by atoms with Crippen molar-refractivity contribution < 1.29 is 53.8 Å². The highest BCUT2D eigenvalue weighted by atomic mass is 16.7. The quantitative estimate of drug-likeness (QED) is 0.105. The van der Waals surface area contributed by atoms with Gasteiger partial charge in [-0.25, -0.2) is 5.43 Å². The molecule has 7 atom stereocenters. The molecule has 1 aliphatic heterocycles. The highest BCUT2D eigenvalue weighted by Crippen LogP contribution is 2.52. The number of hydrogen-bond donors (Lipinski definition) is 7. The molecule has 0 aromatic heterocycles. The van der Waals surface area contributed by atoms with E-state index in [4.69, 9.17) is 19.9 Å². The maximum absolute atomic E-state index is 13.8. The summed E-state index contributed by atoms with van der Waals surface area (Å²) in [5, 5.41) is 45.2. The maximum atomic E-state index is 13.8. The van der Waals surface area contributed by atoms with Gasteiger partial charge in [0.15, 0.2) is 12.1 Å². The molecule has 14 nitrogen and oxygen atoms in total. The van der Waals surface area contributed by atoms with Gasteiger partial charge in [0.05, 0.1) is 47.7 Å². The number of aliphatic hydroxyl groups is 2. The molecule has 43 heavy (non-hydrogen) atoms. The molecule has 5 rings (SSSR count). The molecule has 2 aromatic carbocycles. The zero-order valence-electron chi connectivity index (χ0n) is 23.6. The molecule has 1 heterocycles. The van der Waals surface area contributed by atoms with E-state index in [1.807, 2.05) is 0 Å². The molecule has 0 radical (unpaired) electrons. The number of nitrogens with two attached hydrogens (primary N) is 1. The summed E-state index contributed by atoms with van der Waals surface area (Å²) < 4.78 is 17.2. The van der Waals surface area contributed by atoms with Crippen molar-refractivity contribution in [1.82, 2.24) is 10.9 Å². The molecule has 14 heteroatoms. The van der Waals surface area contributed by atoms with Crippen LogP contribution in [0.15, 0.2) is 18.2 Å². The van der Waals surface area contributed by atoms with Gasteiger partial charge >= 0.3 is 0 Å². The number of carbonyl (C=O) groups is 4. The van der Waals surface area contributed by atoms with Gasteiger partial charge in [0.1, 0.15) is 29.6 Å². The van der Waals surface area contributed by atoms with Crippen LogP contribution in [0.5, 0.6) is 17.2 Å². The topological polar surface area (TPSA) is 227 Å². The summed E-state index contributed by atoms with van der Waals surface area (Å²) in [6.07, 6.45) is -4.64. The Morgan fingerprint density at radius 1 is 1.19 bits per heavy atom. The highest BCUT2D eigenvalue weighted by Gasteiger charge is 2.50. The van der Waals surface area contributed by atoms with Gasteiger partial charge in [0.2, 0.25) is 11.7 Å². The first-order valence-electron chi connectivity index (χ1n) is 13.6. The fourth-order valence-corrected chi connectivity index (χ4v) is 6.13. The number of ether oxygens (including phenoxy) is 3. The van der Waals surface area contributed by atoms with E-state index in [-0.39, 0.29) is 34.4 Å². The first kappa shape index (κ1) is 30.5. The second kappa shape index (κ2) is 11.3. The Morgan fingerprint density at radius 3 is 2.51 bits per heavy atom. The summed E-state index contributed by atoms with van der Waals surface area (Å²) >= 11 is 0. The fourth-order valence-electron chi connectivity index (χ4n) is 6.13. The maximum Gasteiger partial charge on any atom is 0.230 e. The summed E-state index contributed by atoms with van der Waals surface area (Å²) in [6, 6.07) is 2.19. The van der Waals surface area contributed by atoms with E-state index in [0.29, 0.717) is 6.29 Å². The Bertz CT molecular complexity index is 1500. The van der Waals surface area contributed by atoms with Crippen LogP contribution in [0.25, 0.3) is 0 Å². The fraction of sp³-hybridized carbons (Fsp3) is 0.448. The number of aldehydes is 1. The van der Waals surface area contributed by atoms with Crippen molar-refractivity contribution in [3.05, 3.63) is 51.6 Å². The number of aliphatic hydroxyl groups excluding tert-OH is 1. The van der Waals surface area contributed by atoms with Crippen LogP contribution in [0.3, 0.4) is 0 Å². The lowest BCUT2D eigenvalue weighted by Crippen LogP contribution is -2.60. The molecule has 2 aromatic rings. The summed E-state index contributed by atoms with van der Waals surface area (Å²) in [5.74, 6) is -3.34. The lowest BCUT2D eigenvalue weighted by atomic mass is 9.71. The Morgan fingerprint density at radius 2 is 1.88 bits per heavy atom. The molecular formula is C29H33N3O11. The van der Waals surface area contributed by atoms with Gasteiger partial charge in [-0.15, -0.1) is 0 Å². The number of ketones is 2. The van der Waals surface area contributed by atoms with Crippen molar-refractivity contribution >= 4 is 23.8 Å². The van der Waals surface area contributed by atoms with Gasteiger partial charge in [-0.3, -0.25) is 19.8 Å². The first-order chi connectivity index (χ1) is 20.3. The SMILES string of the molecule is COc1cccc2c1C(=O)c1c(O)c3c(c(O)c1C2=O)C[C@@](O)(C(C=O)NNC(C)=O)CC3OC1CC(N)C(O)C(C)O1. The third-order valence-electron chi connectivity index (χ3n) is 8.29. The summed E-state index contributed by atoms with van der Waals surface area (Å²) in [5.41, 5.74) is 7.39. The van der Waals surface area contributed by atoms with E-state index in [2.05, 4.69) is 10.9 Å². The number of methoxy groups -OCH3 is 1. The molecule has 1 saturated heterocycles. The van der Waals surface area contributed by atoms with Crippen LogP contribution in [0, 0.1) is 0 Å². The summed E-state index contributed by atoms with van der Waals surface area (Å²) in [6.45, 7) is 2.77. The third kappa shape index (κ3) is 5.05. The number of rotatable bonds is 7. The van der Waals surface area contributed by atoms with E-state index in [1.165, 1.54) is 32.2 Å². The lowest BCUT2D eigenvalue weighted by molar-refractivity contribution is -0.248. The lowest BCUT2D eigenvalue weighted by Gasteiger charge is -2.44. The smallest absolute Gasteiger partial charge is 0.230 e. The largest absolute Gasteiger partial charge is 0.507 e. The average molecular weight is 600 g/mol. The van der Waals surface area contributed by atoms with Gasteiger partial charge in [-0.1, -0.05) is 12.1 Å². The van der Waals surface area contributed by atoms with Crippen molar-refractivity contribution in [2.45, 2.75) is 75.4 Å². The highest BCUT2D eigenvalue weighted by molar-refractivity contribution is 6.31. The number of phenols is 2. The molecule has 1 fully saturated rings. The van der Waals surface area contributed by atoms with E-state index < -0.39 is 95.2 Å². The Labute approximate surface area is 245 Å². The number of fused-ring (bicyclic) bond motifs is 3. The number of nitrogens with one attached hydrogen (secondary N) is 2. The van der Waals surface area contributed by atoms with Gasteiger partial charge in [0, 0.05) is 48.9 Å². The van der Waals surface area contributed by atoms with E-state index in [1.54, 1.807) is 6.92 Å². The average Bonchev–Trinajstić information content (AvgIpc) is 2.95. The van der Waals surface area contributed by atoms with Crippen molar-refractivity contribution in [3.8, 4) is 17.2 Å².